The van der Waals surface area contributed by atoms with Gasteiger partial charge in [0.15, 0.2) is 0 Å². The average molecular weight is 245 g/mol. The van der Waals surface area contributed by atoms with Gasteiger partial charge in [0.1, 0.15) is 11.7 Å². The average Bonchev–Trinajstić information content (AvgIpc) is 2.90. The Morgan fingerprint density at radius 1 is 1.39 bits per heavy atom. The molecule has 3 rings (SSSR count). The summed E-state index contributed by atoms with van der Waals surface area (Å²) in [6, 6.07) is 5.35. The molecule has 1 fully saturated rings. The van der Waals surface area contributed by atoms with Crippen LogP contribution in [0.15, 0.2) is 28.9 Å². The SMILES string of the molecule is O=C1CNC(c2nc(-c3ccccn3)no2)CN1. The summed E-state index contributed by atoms with van der Waals surface area (Å²) < 4.78 is 5.18. The second-order valence-corrected chi connectivity index (χ2v) is 3.91. The Morgan fingerprint density at radius 3 is 3.06 bits per heavy atom. The molecule has 92 valence electrons. The van der Waals surface area contributed by atoms with Crippen LogP contribution in [0.4, 0.5) is 0 Å². The Labute approximate surface area is 103 Å². The van der Waals surface area contributed by atoms with Gasteiger partial charge >= 0.3 is 0 Å². The summed E-state index contributed by atoms with van der Waals surface area (Å²) in [7, 11) is 0. The first-order chi connectivity index (χ1) is 8.83. The van der Waals surface area contributed by atoms with Crippen LogP contribution in [-0.4, -0.2) is 34.1 Å². The van der Waals surface area contributed by atoms with Crippen molar-refractivity contribution in [3.8, 4) is 11.5 Å². The molecule has 0 spiro atoms. The second-order valence-electron chi connectivity index (χ2n) is 3.91. The Hall–Kier alpha value is -2.28. The maximum atomic E-state index is 11.0. The third-order valence-electron chi connectivity index (χ3n) is 2.65. The molecule has 1 saturated heterocycles. The van der Waals surface area contributed by atoms with E-state index in [0.717, 1.165) is 0 Å². The van der Waals surface area contributed by atoms with E-state index in [0.29, 0.717) is 24.0 Å². The van der Waals surface area contributed by atoms with E-state index in [-0.39, 0.29) is 18.5 Å². The number of pyridine rings is 1. The van der Waals surface area contributed by atoms with Gasteiger partial charge in [0.05, 0.1) is 6.54 Å². The zero-order valence-corrected chi connectivity index (χ0v) is 9.46. The number of nitrogens with one attached hydrogen (secondary N) is 2. The van der Waals surface area contributed by atoms with Crippen LogP contribution in [0.1, 0.15) is 11.9 Å². The Morgan fingerprint density at radius 2 is 2.33 bits per heavy atom. The van der Waals surface area contributed by atoms with Crippen molar-refractivity contribution >= 4 is 5.91 Å². The van der Waals surface area contributed by atoms with Crippen LogP contribution in [0.5, 0.6) is 0 Å². The van der Waals surface area contributed by atoms with Crippen molar-refractivity contribution in [2.75, 3.05) is 13.1 Å². The molecule has 0 aliphatic carbocycles. The highest BCUT2D eigenvalue weighted by atomic mass is 16.5. The molecule has 1 amide bonds. The highest BCUT2D eigenvalue weighted by Crippen LogP contribution is 2.16. The maximum Gasteiger partial charge on any atom is 0.245 e. The summed E-state index contributed by atoms with van der Waals surface area (Å²) >= 11 is 0. The van der Waals surface area contributed by atoms with E-state index in [1.807, 2.05) is 18.2 Å². The molecule has 1 aliphatic heterocycles. The van der Waals surface area contributed by atoms with Crippen LogP contribution < -0.4 is 10.6 Å². The standard InChI is InChI=1S/C11H11N5O2/c17-9-6-13-8(5-14-9)11-15-10(16-18-11)7-3-1-2-4-12-7/h1-4,8,13H,5-6H2,(H,14,17). The molecular weight excluding hydrogens is 234 g/mol. The van der Waals surface area contributed by atoms with E-state index in [2.05, 4.69) is 25.8 Å². The van der Waals surface area contributed by atoms with Gasteiger partial charge in [0.2, 0.25) is 17.6 Å². The van der Waals surface area contributed by atoms with E-state index < -0.39 is 0 Å². The molecule has 0 bridgehead atoms. The first kappa shape index (κ1) is 10.8. The lowest BCUT2D eigenvalue weighted by Gasteiger charge is -2.20. The Balaban J connectivity index is 1.80. The van der Waals surface area contributed by atoms with Gasteiger partial charge in [-0.15, -0.1) is 0 Å². The van der Waals surface area contributed by atoms with Crippen molar-refractivity contribution in [1.29, 1.82) is 0 Å². The summed E-state index contributed by atoms with van der Waals surface area (Å²) in [6.45, 7) is 0.703. The minimum Gasteiger partial charge on any atom is -0.353 e. The number of hydrogen-bond acceptors (Lipinski definition) is 6. The number of piperazine rings is 1. The van der Waals surface area contributed by atoms with E-state index in [9.17, 15) is 4.79 Å². The van der Waals surface area contributed by atoms with Gasteiger partial charge in [0.25, 0.3) is 0 Å². The summed E-state index contributed by atoms with van der Waals surface area (Å²) in [6.07, 6.45) is 1.67. The molecule has 2 aromatic heterocycles. The van der Waals surface area contributed by atoms with Crippen molar-refractivity contribution in [2.45, 2.75) is 6.04 Å². The van der Waals surface area contributed by atoms with Crippen LogP contribution in [0.2, 0.25) is 0 Å². The van der Waals surface area contributed by atoms with Crippen LogP contribution in [0, 0.1) is 0 Å². The zero-order valence-electron chi connectivity index (χ0n) is 9.46. The molecule has 1 aliphatic rings. The van der Waals surface area contributed by atoms with Crippen LogP contribution in [-0.2, 0) is 4.79 Å². The van der Waals surface area contributed by atoms with Crippen molar-refractivity contribution in [3.05, 3.63) is 30.3 Å². The van der Waals surface area contributed by atoms with Crippen LogP contribution >= 0.6 is 0 Å². The number of amides is 1. The smallest absolute Gasteiger partial charge is 0.245 e. The van der Waals surface area contributed by atoms with Gasteiger partial charge < -0.3 is 9.84 Å². The maximum absolute atomic E-state index is 11.0. The van der Waals surface area contributed by atoms with Gasteiger partial charge in [-0.1, -0.05) is 11.2 Å². The molecule has 18 heavy (non-hydrogen) atoms. The van der Waals surface area contributed by atoms with E-state index in [1.54, 1.807) is 6.20 Å². The molecule has 0 saturated carbocycles. The van der Waals surface area contributed by atoms with Crippen molar-refractivity contribution < 1.29 is 9.32 Å². The number of carbonyl (C=O) groups is 1. The van der Waals surface area contributed by atoms with Gasteiger partial charge in [-0.2, -0.15) is 4.98 Å². The second kappa shape index (κ2) is 4.53. The number of aromatic nitrogens is 3. The molecule has 3 heterocycles. The molecule has 7 nitrogen and oxygen atoms in total. The van der Waals surface area contributed by atoms with Gasteiger partial charge in [0, 0.05) is 12.7 Å². The monoisotopic (exact) mass is 245 g/mol. The first-order valence-corrected chi connectivity index (χ1v) is 5.58. The number of hydrogen-bond donors (Lipinski definition) is 2. The van der Waals surface area contributed by atoms with Crippen LogP contribution in [0.25, 0.3) is 11.5 Å². The number of nitrogens with zero attached hydrogens (tertiary/aromatic N) is 3. The molecule has 1 unspecified atom stereocenters. The van der Waals surface area contributed by atoms with E-state index in [4.69, 9.17) is 4.52 Å². The summed E-state index contributed by atoms with van der Waals surface area (Å²) in [5, 5.41) is 9.64. The lowest BCUT2D eigenvalue weighted by atomic mass is 10.2. The van der Waals surface area contributed by atoms with Crippen molar-refractivity contribution in [1.82, 2.24) is 25.8 Å². The molecule has 1 atom stereocenters. The van der Waals surface area contributed by atoms with Crippen molar-refractivity contribution in [3.63, 3.8) is 0 Å². The highest BCUT2D eigenvalue weighted by molar-refractivity contribution is 5.78. The Kier molecular flexibility index (Phi) is 2.73. The minimum atomic E-state index is -0.146. The fourth-order valence-corrected chi connectivity index (χ4v) is 1.72. The van der Waals surface area contributed by atoms with Gasteiger partial charge in [-0.3, -0.25) is 15.1 Å². The van der Waals surface area contributed by atoms with Crippen molar-refractivity contribution in [2.24, 2.45) is 0 Å². The number of rotatable bonds is 2. The quantitative estimate of drug-likeness (QED) is 0.767. The first-order valence-electron chi connectivity index (χ1n) is 5.58. The van der Waals surface area contributed by atoms with Gasteiger partial charge in [-0.25, -0.2) is 0 Å². The molecule has 2 aromatic rings. The summed E-state index contributed by atoms with van der Waals surface area (Å²) in [5.41, 5.74) is 0.660. The predicted molar refractivity (Wildman–Crippen MR) is 61.3 cm³/mol. The topological polar surface area (TPSA) is 92.9 Å². The van der Waals surface area contributed by atoms with Crippen LogP contribution in [0.3, 0.4) is 0 Å². The largest absolute Gasteiger partial charge is 0.353 e. The predicted octanol–water partition coefficient (Wildman–Crippen LogP) is -0.108. The van der Waals surface area contributed by atoms with E-state index >= 15 is 0 Å². The summed E-state index contributed by atoms with van der Waals surface area (Å²) in [4.78, 5) is 19.4. The third kappa shape index (κ3) is 2.07. The molecular formula is C11H11N5O2. The molecule has 2 N–H and O–H groups in total. The fourth-order valence-electron chi connectivity index (χ4n) is 1.72. The Bertz CT molecular complexity index is 544. The summed E-state index contributed by atoms with van der Waals surface area (Å²) in [5.74, 6) is 0.871. The zero-order chi connectivity index (χ0) is 12.4. The fraction of sp³-hybridized carbons (Fsp3) is 0.273. The normalized spacial score (nSPS) is 19.6. The van der Waals surface area contributed by atoms with Gasteiger partial charge in [-0.05, 0) is 12.1 Å². The minimum absolute atomic E-state index is 0.0317. The lowest BCUT2D eigenvalue weighted by molar-refractivity contribution is -0.121. The highest BCUT2D eigenvalue weighted by Gasteiger charge is 2.24. The molecule has 0 aromatic carbocycles. The van der Waals surface area contributed by atoms with E-state index in [1.165, 1.54) is 0 Å². The lowest BCUT2D eigenvalue weighted by Crippen LogP contribution is -2.47. The molecule has 7 heteroatoms. The number of carbonyl (C=O) groups excluding carboxylic acids is 1. The third-order valence-corrected chi connectivity index (χ3v) is 2.65. The molecule has 0 radical (unpaired) electrons.